The van der Waals surface area contributed by atoms with Gasteiger partial charge in [0, 0.05) is 32.7 Å². The van der Waals surface area contributed by atoms with E-state index in [-0.39, 0.29) is 12.5 Å². The second-order valence-electron chi connectivity index (χ2n) is 11.0. The van der Waals surface area contributed by atoms with Crippen molar-refractivity contribution in [3.8, 4) is 5.75 Å². The van der Waals surface area contributed by atoms with Crippen LogP contribution in [0.5, 0.6) is 5.75 Å². The molecule has 0 bridgehead atoms. The van der Waals surface area contributed by atoms with Crippen molar-refractivity contribution >= 4 is 47.1 Å². The Labute approximate surface area is 259 Å². The second-order valence-corrected chi connectivity index (χ2v) is 11.5. The first-order valence-electron chi connectivity index (χ1n) is 13.9. The molecule has 0 aliphatic carbocycles. The topological polar surface area (TPSA) is 153 Å². The quantitative estimate of drug-likeness (QED) is 0.334. The summed E-state index contributed by atoms with van der Waals surface area (Å²) in [5, 5.41) is 3.29. The van der Waals surface area contributed by atoms with Gasteiger partial charge in [0.15, 0.2) is 23.9 Å². The van der Waals surface area contributed by atoms with Crippen LogP contribution >= 0.6 is 11.6 Å². The van der Waals surface area contributed by atoms with Gasteiger partial charge >= 0.3 is 23.9 Å². The summed E-state index contributed by atoms with van der Waals surface area (Å²) in [5.74, 6) is -2.48. The van der Waals surface area contributed by atoms with E-state index in [9.17, 15) is 24.0 Å². The summed E-state index contributed by atoms with van der Waals surface area (Å²) in [6, 6.07) is 10.5. The summed E-state index contributed by atoms with van der Waals surface area (Å²) in [6.45, 7) is 7.72. The Balaban J connectivity index is 1.72. The maximum Gasteiger partial charge on any atom is 0.303 e. The van der Waals surface area contributed by atoms with E-state index in [0.29, 0.717) is 34.0 Å². The molecule has 236 valence electrons. The van der Waals surface area contributed by atoms with E-state index in [1.54, 1.807) is 44.2 Å². The molecule has 1 fully saturated rings. The van der Waals surface area contributed by atoms with Gasteiger partial charge in [0.1, 0.15) is 24.6 Å². The zero-order valence-electron chi connectivity index (χ0n) is 25.1. The van der Waals surface area contributed by atoms with Gasteiger partial charge in [-0.05, 0) is 55.2 Å². The molecule has 4 rings (SSSR count). The molecule has 2 heterocycles. The molecule has 0 spiro atoms. The Morgan fingerprint density at radius 2 is 1.50 bits per heavy atom. The highest BCUT2D eigenvalue weighted by Gasteiger charge is 2.52. The lowest BCUT2D eigenvalue weighted by Gasteiger charge is -2.44. The number of fused-ring (bicyclic) bond motifs is 1. The largest absolute Gasteiger partial charge is 0.476 e. The van der Waals surface area contributed by atoms with Gasteiger partial charge in [0.05, 0.1) is 5.69 Å². The van der Waals surface area contributed by atoms with Crippen LogP contribution in [0.1, 0.15) is 64.3 Å². The molecule has 2 aromatic carbocycles. The zero-order chi connectivity index (χ0) is 32.3. The lowest BCUT2D eigenvalue weighted by atomic mass is 9.89. The third-order valence-corrected chi connectivity index (χ3v) is 7.36. The monoisotopic (exact) mass is 631 g/mol. The number of carbonyl (C=O) groups is 5. The fourth-order valence-electron chi connectivity index (χ4n) is 5.09. The molecule has 1 N–H and O–H groups in total. The number of halogens is 1. The minimum atomic E-state index is -1.30. The number of hydrogen-bond acceptors (Lipinski definition) is 11. The van der Waals surface area contributed by atoms with Gasteiger partial charge in [-0.15, -0.1) is 0 Å². The highest BCUT2D eigenvalue weighted by Crippen LogP contribution is 2.40. The van der Waals surface area contributed by atoms with Crippen molar-refractivity contribution in [1.82, 2.24) is 0 Å². The number of hydrogen-bond donors (Lipinski definition) is 1. The van der Waals surface area contributed by atoms with Crippen molar-refractivity contribution < 1.29 is 52.4 Å². The Morgan fingerprint density at radius 3 is 2.14 bits per heavy atom. The summed E-state index contributed by atoms with van der Waals surface area (Å²) in [4.78, 5) is 60.5. The van der Waals surface area contributed by atoms with Crippen LogP contribution in [0.4, 0.5) is 5.69 Å². The number of benzene rings is 2. The lowest BCUT2D eigenvalue weighted by Crippen LogP contribution is -2.59. The van der Waals surface area contributed by atoms with E-state index in [4.69, 9.17) is 40.0 Å². The molecule has 1 saturated heterocycles. The number of nitrogens with one attached hydrogen (secondary N) is 1. The Hall–Kier alpha value is -4.16. The molecular formula is C31H34ClNO11. The van der Waals surface area contributed by atoms with Crippen LogP contribution in [0.15, 0.2) is 36.4 Å². The van der Waals surface area contributed by atoms with Gasteiger partial charge < -0.3 is 33.7 Å². The number of anilines is 1. The number of ether oxygens (including phenoxy) is 6. The molecule has 0 radical (unpaired) electrons. The molecule has 0 aromatic heterocycles. The molecular weight excluding hydrogens is 598 g/mol. The number of amides is 1. The Bertz CT molecular complexity index is 1470. The highest BCUT2D eigenvalue weighted by molar-refractivity contribution is 6.31. The van der Waals surface area contributed by atoms with Gasteiger partial charge in [-0.3, -0.25) is 24.0 Å². The highest BCUT2D eigenvalue weighted by atomic mass is 35.5. The average molecular weight is 632 g/mol. The van der Waals surface area contributed by atoms with Gasteiger partial charge in [-0.2, -0.15) is 0 Å². The third kappa shape index (κ3) is 7.67. The van der Waals surface area contributed by atoms with Gasteiger partial charge in [-0.1, -0.05) is 29.8 Å². The van der Waals surface area contributed by atoms with E-state index >= 15 is 0 Å². The predicted molar refractivity (Wildman–Crippen MR) is 155 cm³/mol. The molecule has 5 unspecified atom stereocenters. The van der Waals surface area contributed by atoms with E-state index < -0.39 is 60.0 Å². The fourth-order valence-corrected chi connectivity index (χ4v) is 5.28. The van der Waals surface area contributed by atoms with Crippen molar-refractivity contribution in [3.63, 3.8) is 0 Å². The summed E-state index contributed by atoms with van der Waals surface area (Å²) < 4.78 is 33.9. The minimum Gasteiger partial charge on any atom is -0.476 e. The van der Waals surface area contributed by atoms with Gasteiger partial charge in [0.2, 0.25) is 0 Å². The van der Waals surface area contributed by atoms with Crippen LogP contribution in [-0.4, -0.2) is 66.4 Å². The summed E-state index contributed by atoms with van der Waals surface area (Å²) >= 11 is 6.60. The fraction of sp³-hybridized carbons (Fsp3) is 0.452. The van der Waals surface area contributed by atoms with Crippen LogP contribution in [0.3, 0.4) is 0 Å². The molecule has 44 heavy (non-hydrogen) atoms. The smallest absolute Gasteiger partial charge is 0.303 e. The van der Waals surface area contributed by atoms with E-state index in [2.05, 4.69) is 5.32 Å². The Kier molecular flexibility index (Phi) is 9.85. The maximum atomic E-state index is 12.4. The first-order chi connectivity index (χ1) is 20.6. The average Bonchev–Trinajstić information content (AvgIpc) is 2.91. The van der Waals surface area contributed by atoms with Crippen LogP contribution < -0.4 is 10.1 Å². The van der Waals surface area contributed by atoms with Crippen molar-refractivity contribution in [3.05, 3.63) is 58.1 Å². The van der Waals surface area contributed by atoms with Crippen LogP contribution in [0.2, 0.25) is 5.02 Å². The van der Waals surface area contributed by atoms with E-state index in [0.717, 1.165) is 19.4 Å². The van der Waals surface area contributed by atoms with Crippen molar-refractivity contribution in [2.24, 2.45) is 0 Å². The van der Waals surface area contributed by atoms with Gasteiger partial charge in [-0.25, -0.2) is 0 Å². The van der Waals surface area contributed by atoms with Crippen LogP contribution in [0, 0.1) is 0 Å². The second kappa shape index (κ2) is 13.2. The van der Waals surface area contributed by atoms with Crippen molar-refractivity contribution in [1.29, 1.82) is 0 Å². The van der Waals surface area contributed by atoms with Crippen molar-refractivity contribution in [2.45, 2.75) is 84.1 Å². The normalized spacial score (nSPS) is 23.7. The van der Waals surface area contributed by atoms with Crippen LogP contribution in [-0.2, 0) is 54.1 Å². The SMILES string of the molecule is CC(=O)OCC1OC(c2ccc(Cl)c(Cc3ccc4c(c3)NC(=O)C(C)(C)O4)c2)C(OC(C)=O)C(OC(C)=O)C1OC(C)=O. The number of esters is 4. The zero-order valence-corrected chi connectivity index (χ0v) is 25.9. The first kappa shape index (κ1) is 32.7. The Morgan fingerprint density at radius 1 is 0.864 bits per heavy atom. The van der Waals surface area contributed by atoms with Crippen LogP contribution in [0.25, 0.3) is 0 Å². The van der Waals surface area contributed by atoms with Gasteiger partial charge in [0.25, 0.3) is 5.91 Å². The maximum absolute atomic E-state index is 12.4. The molecule has 13 heteroatoms. The molecule has 2 aromatic rings. The third-order valence-electron chi connectivity index (χ3n) is 6.99. The molecule has 0 saturated carbocycles. The standard InChI is InChI=1S/C31H34ClNO11/c1-15(34)39-14-25-27(40-16(2)35)29(42-18(4)37)28(41-17(3)36)26(43-25)20-8-9-22(32)21(13-20)11-19-7-10-24-23(12-19)33-30(38)31(5,6)44-24/h7-10,12-13,25-29H,11,14H2,1-6H3,(H,33,38). The molecule has 1 amide bonds. The predicted octanol–water partition coefficient (Wildman–Crippen LogP) is 3.84. The lowest BCUT2D eigenvalue weighted by molar-refractivity contribution is -0.254. The number of carbonyl (C=O) groups excluding carboxylic acids is 5. The summed E-state index contributed by atoms with van der Waals surface area (Å²) in [6.07, 6.45) is -5.61. The minimum absolute atomic E-state index is 0.272. The molecule has 2 aliphatic heterocycles. The van der Waals surface area contributed by atoms with E-state index in [1.807, 2.05) is 6.07 Å². The van der Waals surface area contributed by atoms with E-state index in [1.165, 1.54) is 13.8 Å². The molecule has 12 nitrogen and oxygen atoms in total. The molecule has 5 atom stereocenters. The molecule has 2 aliphatic rings. The summed E-state index contributed by atoms with van der Waals surface area (Å²) in [7, 11) is 0. The first-order valence-corrected chi connectivity index (χ1v) is 14.2. The van der Waals surface area contributed by atoms with Crippen molar-refractivity contribution in [2.75, 3.05) is 11.9 Å². The number of rotatable bonds is 8. The summed E-state index contributed by atoms with van der Waals surface area (Å²) in [5.41, 5.74) is 1.50.